The lowest BCUT2D eigenvalue weighted by molar-refractivity contribution is -0.108. The third-order valence-electron chi connectivity index (χ3n) is 4.51. The molecule has 2 aliphatic heterocycles. The minimum atomic E-state index is 0.221. The second kappa shape index (κ2) is 10.7. The van der Waals surface area contributed by atoms with Gasteiger partial charge in [0.05, 0.1) is 24.9 Å². The Balaban J connectivity index is 0.000000238. The minimum Gasteiger partial charge on any atom is -0.374 e. The lowest BCUT2D eigenvalue weighted by Crippen LogP contribution is -2.39. The van der Waals surface area contributed by atoms with Gasteiger partial charge in [0.2, 0.25) is 0 Å². The fourth-order valence-electron chi connectivity index (χ4n) is 2.98. The Morgan fingerprint density at radius 3 is 2.61 bits per heavy atom. The molecular weight excluding hydrogens is 290 g/mol. The summed E-state index contributed by atoms with van der Waals surface area (Å²) in [6.07, 6.45) is 6.49. The number of aldehydes is 1. The number of ether oxygens (including phenoxy) is 2. The molecule has 4 nitrogen and oxygen atoms in total. The zero-order valence-electron chi connectivity index (χ0n) is 15.0. The Morgan fingerprint density at radius 2 is 2.09 bits per heavy atom. The second-order valence-corrected chi connectivity index (χ2v) is 6.56. The molecule has 2 rings (SSSR count). The summed E-state index contributed by atoms with van der Waals surface area (Å²) in [6.45, 7) is 13.9. The van der Waals surface area contributed by atoms with Crippen LogP contribution in [-0.2, 0) is 14.3 Å². The summed E-state index contributed by atoms with van der Waals surface area (Å²) in [5.74, 6) is 0.608. The molecule has 0 spiro atoms. The van der Waals surface area contributed by atoms with Crippen LogP contribution in [0.2, 0.25) is 0 Å². The smallest absolute Gasteiger partial charge is 0.120 e. The number of rotatable bonds is 6. The normalized spacial score (nSPS) is 30.7. The van der Waals surface area contributed by atoms with E-state index in [1.807, 2.05) is 7.05 Å². The molecule has 4 heteroatoms. The molecule has 0 aromatic carbocycles. The molecule has 132 valence electrons. The Morgan fingerprint density at radius 1 is 1.35 bits per heavy atom. The topological polar surface area (TPSA) is 47.6 Å². The summed E-state index contributed by atoms with van der Waals surface area (Å²) in [7, 11) is 1.96. The first kappa shape index (κ1) is 20.1. The molecule has 4 unspecified atom stereocenters. The molecule has 1 N–H and O–H groups in total. The predicted molar refractivity (Wildman–Crippen MR) is 94.6 cm³/mol. The lowest BCUT2D eigenvalue weighted by atomic mass is 9.88. The summed E-state index contributed by atoms with van der Waals surface area (Å²) < 4.78 is 11.2. The molecule has 2 saturated heterocycles. The van der Waals surface area contributed by atoms with E-state index >= 15 is 0 Å². The molecule has 0 aromatic rings. The molecular formula is C19H33NO3. The first-order valence-electron chi connectivity index (χ1n) is 8.72. The van der Waals surface area contributed by atoms with Crippen LogP contribution in [0.1, 0.15) is 46.0 Å². The fraction of sp³-hybridized carbons (Fsp3) is 0.737. The van der Waals surface area contributed by atoms with E-state index in [9.17, 15) is 4.79 Å². The maximum Gasteiger partial charge on any atom is 0.120 e. The Kier molecular flexibility index (Phi) is 9.37. The highest BCUT2D eigenvalue weighted by molar-refractivity contribution is 5.49. The van der Waals surface area contributed by atoms with Crippen LogP contribution in [-0.4, -0.2) is 44.8 Å². The van der Waals surface area contributed by atoms with Gasteiger partial charge >= 0.3 is 0 Å². The van der Waals surface area contributed by atoms with Crippen LogP contribution in [0.15, 0.2) is 24.3 Å². The molecule has 23 heavy (non-hydrogen) atoms. The number of carbonyl (C=O) groups is 1. The van der Waals surface area contributed by atoms with Gasteiger partial charge in [0.25, 0.3) is 0 Å². The molecule has 0 amide bonds. The molecule has 2 heterocycles. The highest BCUT2D eigenvalue weighted by Crippen LogP contribution is 2.29. The predicted octanol–water partition coefficient (Wildman–Crippen LogP) is 3.28. The van der Waals surface area contributed by atoms with Gasteiger partial charge in [-0.15, -0.1) is 0 Å². The van der Waals surface area contributed by atoms with E-state index < -0.39 is 0 Å². The van der Waals surface area contributed by atoms with Crippen LogP contribution in [0.5, 0.6) is 0 Å². The van der Waals surface area contributed by atoms with E-state index in [2.05, 4.69) is 32.3 Å². The number of likely N-dealkylation sites (N-methyl/N-ethyl adjacent to an activating group) is 1. The van der Waals surface area contributed by atoms with Crippen molar-refractivity contribution in [1.29, 1.82) is 0 Å². The number of nitrogens with one attached hydrogen (secondary N) is 1. The molecule has 2 aliphatic rings. The van der Waals surface area contributed by atoms with Gasteiger partial charge in [-0.3, -0.25) is 0 Å². The maximum atomic E-state index is 9.97. The quantitative estimate of drug-likeness (QED) is 0.602. The van der Waals surface area contributed by atoms with E-state index in [0.717, 1.165) is 44.1 Å². The highest BCUT2D eigenvalue weighted by Gasteiger charge is 2.28. The average Bonchev–Trinajstić information content (AvgIpc) is 2.96. The Hall–Kier alpha value is -0.970. The van der Waals surface area contributed by atoms with E-state index in [1.54, 1.807) is 0 Å². The average molecular weight is 323 g/mol. The number of hydrogen-bond donors (Lipinski definition) is 1. The molecule has 0 saturated carbocycles. The zero-order chi connectivity index (χ0) is 17.2. The highest BCUT2D eigenvalue weighted by atomic mass is 16.5. The van der Waals surface area contributed by atoms with Gasteiger partial charge in [-0.1, -0.05) is 27.0 Å². The van der Waals surface area contributed by atoms with Crippen LogP contribution < -0.4 is 5.32 Å². The van der Waals surface area contributed by atoms with Crippen molar-refractivity contribution in [3.63, 3.8) is 0 Å². The number of hydrogen-bond acceptors (Lipinski definition) is 4. The van der Waals surface area contributed by atoms with Crippen molar-refractivity contribution in [2.24, 2.45) is 5.92 Å². The van der Waals surface area contributed by atoms with Crippen molar-refractivity contribution >= 4 is 6.29 Å². The van der Waals surface area contributed by atoms with Gasteiger partial charge in [0.1, 0.15) is 6.29 Å². The summed E-state index contributed by atoms with van der Waals surface area (Å²) in [6, 6.07) is 0. The van der Waals surface area contributed by atoms with E-state index in [1.165, 1.54) is 5.57 Å². The molecule has 0 bridgehead atoms. The molecule has 0 aromatic heterocycles. The van der Waals surface area contributed by atoms with Crippen LogP contribution >= 0.6 is 0 Å². The second-order valence-electron chi connectivity index (χ2n) is 6.56. The van der Waals surface area contributed by atoms with Gasteiger partial charge in [-0.05, 0) is 49.8 Å². The SMILES string of the molecule is C=C1C(C)CC(CC)OC1CNC.C=C1COC(CCC=O)C1. The zero-order valence-corrected chi connectivity index (χ0v) is 15.0. The maximum absolute atomic E-state index is 9.97. The Bertz CT molecular complexity index is 394. The largest absolute Gasteiger partial charge is 0.374 e. The first-order chi connectivity index (χ1) is 11.0. The molecule has 4 atom stereocenters. The Labute approximate surface area is 141 Å². The van der Waals surface area contributed by atoms with Gasteiger partial charge < -0.3 is 19.6 Å². The van der Waals surface area contributed by atoms with Crippen molar-refractivity contribution in [2.75, 3.05) is 20.2 Å². The third-order valence-corrected chi connectivity index (χ3v) is 4.51. The van der Waals surface area contributed by atoms with Gasteiger partial charge in [-0.2, -0.15) is 0 Å². The summed E-state index contributed by atoms with van der Waals surface area (Å²) in [5, 5.41) is 3.15. The number of carbonyl (C=O) groups excluding carboxylic acids is 1. The summed E-state index contributed by atoms with van der Waals surface area (Å²) in [5.41, 5.74) is 2.40. The molecule has 2 fully saturated rings. The molecule has 0 radical (unpaired) electrons. The van der Waals surface area contributed by atoms with E-state index in [0.29, 0.717) is 25.0 Å². The van der Waals surface area contributed by atoms with Crippen LogP contribution in [0.3, 0.4) is 0 Å². The summed E-state index contributed by atoms with van der Waals surface area (Å²) in [4.78, 5) is 9.97. The van der Waals surface area contributed by atoms with E-state index in [-0.39, 0.29) is 12.2 Å². The fourth-order valence-corrected chi connectivity index (χ4v) is 2.98. The van der Waals surface area contributed by atoms with Crippen molar-refractivity contribution < 1.29 is 14.3 Å². The molecule has 0 aliphatic carbocycles. The third kappa shape index (κ3) is 6.98. The van der Waals surface area contributed by atoms with E-state index in [4.69, 9.17) is 9.47 Å². The van der Waals surface area contributed by atoms with Gasteiger partial charge in [0.15, 0.2) is 0 Å². The monoisotopic (exact) mass is 323 g/mol. The van der Waals surface area contributed by atoms with Crippen LogP contribution in [0, 0.1) is 5.92 Å². The van der Waals surface area contributed by atoms with Crippen molar-refractivity contribution in [3.05, 3.63) is 24.3 Å². The first-order valence-corrected chi connectivity index (χ1v) is 8.72. The standard InChI is InChI=1S/C11H21NO.C8H12O2/c1-5-10-6-8(2)9(3)11(13-10)7-12-4;1-7-5-8(10-6-7)3-2-4-9/h8,10-12H,3,5-7H2,1-2,4H3;4,8H,1-3,5-6H2. The van der Waals surface area contributed by atoms with Gasteiger partial charge in [0, 0.05) is 13.0 Å². The van der Waals surface area contributed by atoms with Crippen LogP contribution in [0.25, 0.3) is 0 Å². The summed E-state index contributed by atoms with van der Waals surface area (Å²) >= 11 is 0. The van der Waals surface area contributed by atoms with Crippen molar-refractivity contribution in [3.8, 4) is 0 Å². The minimum absolute atomic E-state index is 0.221. The lowest BCUT2D eigenvalue weighted by Gasteiger charge is -2.35. The van der Waals surface area contributed by atoms with Crippen LogP contribution in [0.4, 0.5) is 0 Å². The van der Waals surface area contributed by atoms with Crippen molar-refractivity contribution in [1.82, 2.24) is 5.32 Å². The van der Waals surface area contributed by atoms with Crippen molar-refractivity contribution in [2.45, 2.75) is 64.3 Å². The van der Waals surface area contributed by atoms with Gasteiger partial charge in [-0.25, -0.2) is 0 Å².